The summed E-state index contributed by atoms with van der Waals surface area (Å²) in [6.07, 6.45) is -7.29. The van der Waals surface area contributed by atoms with Gasteiger partial charge in [-0.1, -0.05) is 0 Å². The second-order valence-corrected chi connectivity index (χ2v) is 1.63. The van der Waals surface area contributed by atoms with E-state index in [9.17, 15) is 13.2 Å². The minimum Gasteiger partial charge on any atom is -0.378 e. The lowest BCUT2D eigenvalue weighted by Crippen LogP contribution is -2.34. The highest BCUT2D eigenvalue weighted by Gasteiger charge is 2.39. The van der Waals surface area contributed by atoms with E-state index in [2.05, 4.69) is 0 Å². The summed E-state index contributed by atoms with van der Waals surface area (Å²) in [5, 5.41) is 14.5. The summed E-state index contributed by atoms with van der Waals surface area (Å²) in [5.41, 5.74) is -0.789. The maximum atomic E-state index is 11.3. The molecule has 2 nitrogen and oxygen atoms in total. The number of aliphatic hydroxyl groups is 1. The zero-order chi connectivity index (χ0) is 7.65. The second-order valence-electron chi connectivity index (χ2n) is 1.63. The molecule has 0 aliphatic rings. The molecule has 0 aromatic rings. The van der Waals surface area contributed by atoms with Crippen molar-refractivity contribution in [1.82, 2.24) is 0 Å². The Bertz CT molecular complexity index is 119. The van der Waals surface area contributed by atoms with E-state index in [1.165, 1.54) is 0 Å². The number of rotatable bonds is 1. The first-order valence-electron chi connectivity index (χ1n) is 2.15. The molecule has 0 aliphatic carbocycles. The largest absolute Gasteiger partial charge is 0.419 e. The number of hydrogen-bond donors (Lipinski definition) is 2. The van der Waals surface area contributed by atoms with Crippen molar-refractivity contribution in [3.05, 3.63) is 0 Å². The van der Waals surface area contributed by atoms with E-state index in [4.69, 9.17) is 10.5 Å². The summed E-state index contributed by atoms with van der Waals surface area (Å²) in [6.45, 7) is 0.901. The van der Waals surface area contributed by atoms with Crippen LogP contribution in [0.1, 0.15) is 6.92 Å². The van der Waals surface area contributed by atoms with E-state index in [1.807, 2.05) is 0 Å². The van der Waals surface area contributed by atoms with E-state index in [0.717, 1.165) is 6.92 Å². The van der Waals surface area contributed by atoms with Crippen molar-refractivity contribution < 1.29 is 18.3 Å². The maximum absolute atomic E-state index is 11.3. The molecule has 0 spiro atoms. The van der Waals surface area contributed by atoms with Crippen molar-refractivity contribution in [2.45, 2.75) is 19.2 Å². The molecule has 0 aromatic heterocycles. The Morgan fingerprint density at radius 3 is 1.89 bits per heavy atom. The van der Waals surface area contributed by atoms with Crippen LogP contribution in [0.5, 0.6) is 0 Å². The Hall–Kier alpha value is -0.580. The third-order valence-electron chi connectivity index (χ3n) is 0.720. The lowest BCUT2D eigenvalue weighted by molar-refractivity contribution is -0.181. The summed E-state index contributed by atoms with van der Waals surface area (Å²) in [7, 11) is 0. The molecule has 0 amide bonds. The van der Waals surface area contributed by atoms with E-state index in [0.29, 0.717) is 0 Å². The zero-order valence-electron chi connectivity index (χ0n) is 4.66. The number of halogens is 3. The first kappa shape index (κ1) is 8.42. The molecular weight excluding hydrogens is 135 g/mol. The predicted octanol–water partition coefficient (Wildman–Crippen LogP) is 0.949. The third kappa shape index (κ3) is 2.46. The minimum atomic E-state index is -4.69. The van der Waals surface area contributed by atoms with Gasteiger partial charge < -0.3 is 10.5 Å². The van der Waals surface area contributed by atoms with Crippen molar-refractivity contribution in [1.29, 1.82) is 5.41 Å². The Balaban J connectivity index is 4.04. The molecule has 0 radical (unpaired) electrons. The van der Waals surface area contributed by atoms with Crippen LogP contribution in [-0.2, 0) is 0 Å². The lowest BCUT2D eigenvalue weighted by Gasteiger charge is -2.11. The predicted molar refractivity (Wildman–Crippen MR) is 25.5 cm³/mol. The number of aliphatic hydroxyl groups excluding tert-OH is 1. The van der Waals surface area contributed by atoms with E-state index < -0.39 is 18.0 Å². The SMILES string of the molecule is CC(=N)C(O)C(F)(F)F. The molecule has 0 bridgehead atoms. The van der Waals surface area contributed by atoms with Crippen molar-refractivity contribution in [3.8, 4) is 0 Å². The highest BCUT2D eigenvalue weighted by Crippen LogP contribution is 2.20. The average molecular weight is 141 g/mol. The van der Waals surface area contributed by atoms with Crippen molar-refractivity contribution in [2.24, 2.45) is 0 Å². The highest BCUT2D eigenvalue weighted by atomic mass is 19.4. The van der Waals surface area contributed by atoms with Crippen LogP contribution in [-0.4, -0.2) is 23.1 Å². The Morgan fingerprint density at radius 2 is 1.89 bits per heavy atom. The fourth-order valence-electron chi connectivity index (χ4n) is 0.245. The van der Waals surface area contributed by atoms with Crippen molar-refractivity contribution in [3.63, 3.8) is 0 Å². The molecule has 0 saturated heterocycles. The fraction of sp³-hybridized carbons (Fsp3) is 0.750. The van der Waals surface area contributed by atoms with Gasteiger partial charge in [0.25, 0.3) is 0 Å². The molecule has 0 aliphatic heterocycles. The second kappa shape index (κ2) is 2.34. The van der Waals surface area contributed by atoms with Crippen LogP contribution in [0.3, 0.4) is 0 Å². The topological polar surface area (TPSA) is 44.1 Å². The van der Waals surface area contributed by atoms with Gasteiger partial charge in [0.15, 0.2) is 6.10 Å². The van der Waals surface area contributed by atoms with Crippen molar-refractivity contribution in [2.75, 3.05) is 0 Å². The van der Waals surface area contributed by atoms with Crippen LogP contribution in [0.15, 0.2) is 0 Å². The quantitative estimate of drug-likeness (QED) is 0.524. The van der Waals surface area contributed by atoms with E-state index >= 15 is 0 Å². The third-order valence-corrected chi connectivity index (χ3v) is 0.720. The first-order chi connectivity index (χ1) is 3.85. The zero-order valence-corrected chi connectivity index (χ0v) is 4.66. The van der Waals surface area contributed by atoms with Crippen LogP contribution in [0.25, 0.3) is 0 Å². The normalized spacial score (nSPS) is 15.2. The van der Waals surface area contributed by atoms with Gasteiger partial charge in [0.1, 0.15) is 0 Å². The molecule has 1 atom stereocenters. The molecule has 5 heteroatoms. The maximum Gasteiger partial charge on any atom is 0.419 e. The summed E-state index contributed by atoms with van der Waals surface area (Å²) in [6, 6.07) is 0. The van der Waals surface area contributed by atoms with Gasteiger partial charge in [0, 0.05) is 5.71 Å². The minimum absolute atomic E-state index is 0.789. The van der Waals surface area contributed by atoms with Gasteiger partial charge in [-0.15, -0.1) is 0 Å². The van der Waals surface area contributed by atoms with Gasteiger partial charge in [-0.05, 0) is 6.92 Å². The van der Waals surface area contributed by atoms with Crippen LogP contribution >= 0.6 is 0 Å². The smallest absolute Gasteiger partial charge is 0.378 e. The summed E-state index contributed by atoms with van der Waals surface area (Å²) in [5.74, 6) is 0. The van der Waals surface area contributed by atoms with Crippen LogP contribution in [0.4, 0.5) is 13.2 Å². The van der Waals surface area contributed by atoms with Gasteiger partial charge in [0.05, 0.1) is 0 Å². The highest BCUT2D eigenvalue weighted by molar-refractivity contribution is 5.83. The molecule has 0 fully saturated rings. The Morgan fingerprint density at radius 1 is 1.56 bits per heavy atom. The molecule has 54 valence electrons. The van der Waals surface area contributed by atoms with Crippen LogP contribution < -0.4 is 0 Å². The number of hydrogen-bond acceptors (Lipinski definition) is 2. The molecule has 0 rings (SSSR count). The van der Waals surface area contributed by atoms with Crippen molar-refractivity contribution >= 4 is 5.71 Å². The van der Waals surface area contributed by atoms with E-state index in [-0.39, 0.29) is 0 Å². The molecule has 1 unspecified atom stereocenters. The van der Waals surface area contributed by atoms with Gasteiger partial charge in [-0.25, -0.2) is 0 Å². The van der Waals surface area contributed by atoms with Gasteiger partial charge in [-0.2, -0.15) is 13.2 Å². The molecule has 0 saturated carbocycles. The Kier molecular flexibility index (Phi) is 2.19. The van der Waals surface area contributed by atoms with Gasteiger partial charge in [0.2, 0.25) is 0 Å². The summed E-state index contributed by atoms with van der Waals surface area (Å²) in [4.78, 5) is 0. The standard InChI is InChI=1S/C4H6F3NO/c1-2(8)3(9)4(5,6)7/h3,8-9H,1H3. The van der Waals surface area contributed by atoms with Gasteiger partial charge in [-0.3, -0.25) is 0 Å². The monoisotopic (exact) mass is 141 g/mol. The first-order valence-corrected chi connectivity index (χ1v) is 2.15. The molecule has 0 heterocycles. The average Bonchev–Trinajstić information content (AvgIpc) is 1.62. The van der Waals surface area contributed by atoms with Gasteiger partial charge >= 0.3 is 6.18 Å². The lowest BCUT2D eigenvalue weighted by atomic mass is 10.2. The molecule has 9 heavy (non-hydrogen) atoms. The van der Waals surface area contributed by atoms with E-state index in [1.54, 1.807) is 0 Å². The molecule has 0 aromatic carbocycles. The Labute approximate surface area is 49.8 Å². The van der Waals surface area contributed by atoms with Crippen LogP contribution in [0, 0.1) is 5.41 Å². The summed E-state index contributed by atoms with van der Waals surface area (Å²) >= 11 is 0. The number of nitrogens with one attached hydrogen (secondary N) is 1. The molecular formula is C4H6F3NO. The summed E-state index contributed by atoms with van der Waals surface area (Å²) < 4.78 is 33.9. The molecule has 2 N–H and O–H groups in total. The fourth-order valence-corrected chi connectivity index (χ4v) is 0.245. The number of alkyl halides is 3. The van der Waals surface area contributed by atoms with Crippen LogP contribution in [0.2, 0.25) is 0 Å².